The van der Waals surface area contributed by atoms with Crippen LogP contribution in [0.5, 0.6) is 5.75 Å². The third-order valence-corrected chi connectivity index (χ3v) is 2.22. The number of aromatic nitrogens is 1. The van der Waals surface area contributed by atoms with Crippen LogP contribution in [0, 0.1) is 5.41 Å². The summed E-state index contributed by atoms with van der Waals surface area (Å²) in [7, 11) is 1.44. The van der Waals surface area contributed by atoms with Gasteiger partial charge in [-0.2, -0.15) is 0 Å². The molecule has 1 amide bonds. The van der Waals surface area contributed by atoms with Gasteiger partial charge >= 0.3 is 0 Å². The molecule has 0 fully saturated rings. The number of hydrogen-bond donors (Lipinski definition) is 1. The van der Waals surface area contributed by atoms with Crippen LogP contribution in [0.4, 0.5) is 5.69 Å². The third-order valence-electron chi connectivity index (χ3n) is 2.22. The van der Waals surface area contributed by atoms with Gasteiger partial charge in [-0.15, -0.1) is 0 Å². The Kier molecular flexibility index (Phi) is 3.83. The first-order chi connectivity index (χ1) is 7.90. The van der Waals surface area contributed by atoms with Crippen LogP contribution in [0.15, 0.2) is 12.4 Å². The second kappa shape index (κ2) is 4.95. The molecular weight excluding hydrogens is 220 g/mol. The molecule has 0 atom stereocenters. The first-order valence-electron chi connectivity index (χ1n) is 5.18. The molecule has 0 spiro atoms. The van der Waals surface area contributed by atoms with Gasteiger partial charge in [0.1, 0.15) is 5.75 Å². The number of rotatable bonds is 3. The van der Waals surface area contributed by atoms with E-state index in [2.05, 4.69) is 10.3 Å². The number of hydrogen-bond acceptors (Lipinski definition) is 4. The van der Waals surface area contributed by atoms with E-state index in [4.69, 9.17) is 4.74 Å². The highest BCUT2D eigenvalue weighted by atomic mass is 16.5. The average molecular weight is 236 g/mol. The zero-order valence-corrected chi connectivity index (χ0v) is 10.4. The summed E-state index contributed by atoms with van der Waals surface area (Å²) in [4.78, 5) is 26.7. The number of ether oxygens (including phenoxy) is 1. The molecule has 0 saturated carbocycles. The Morgan fingerprint density at radius 2 is 2.06 bits per heavy atom. The smallest absolute Gasteiger partial charge is 0.229 e. The lowest BCUT2D eigenvalue weighted by atomic mass is 9.95. The minimum atomic E-state index is -0.538. The molecule has 1 aromatic rings. The molecule has 0 aliphatic rings. The summed E-state index contributed by atoms with van der Waals surface area (Å²) < 4.78 is 5.00. The van der Waals surface area contributed by atoms with Crippen LogP contribution in [-0.4, -0.2) is 24.3 Å². The van der Waals surface area contributed by atoms with Crippen LogP contribution in [-0.2, 0) is 4.79 Å². The van der Waals surface area contributed by atoms with Crippen LogP contribution in [0.3, 0.4) is 0 Å². The minimum Gasteiger partial charge on any atom is -0.494 e. The SMILES string of the molecule is COc1cncc(NC(=O)C(C)(C)C)c1C=O. The molecule has 0 unspecified atom stereocenters. The van der Waals surface area contributed by atoms with Gasteiger partial charge in [-0.05, 0) is 0 Å². The van der Waals surface area contributed by atoms with E-state index < -0.39 is 5.41 Å². The molecule has 1 heterocycles. The molecular formula is C12H16N2O3. The predicted molar refractivity (Wildman–Crippen MR) is 64.3 cm³/mol. The quantitative estimate of drug-likeness (QED) is 0.814. The predicted octanol–water partition coefficient (Wildman–Crippen LogP) is 1.89. The van der Waals surface area contributed by atoms with Gasteiger partial charge in [0.15, 0.2) is 6.29 Å². The third kappa shape index (κ3) is 3.03. The van der Waals surface area contributed by atoms with E-state index in [9.17, 15) is 9.59 Å². The standard InChI is InChI=1S/C12H16N2O3/c1-12(2,3)11(16)14-9-5-13-6-10(17-4)8(9)7-15/h5-7H,1-4H3,(H,14,16). The maximum absolute atomic E-state index is 11.8. The number of carbonyl (C=O) groups excluding carboxylic acids is 2. The van der Waals surface area contributed by atoms with Crippen molar-refractivity contribution in [1.29, 1.82) is 0 Å². The van der Waals surface area contributed by atoms with Crippen LogP contribution in [0.1, 0.15) is 31.1 Å². The summed E-state index contributed by atoms with van der Waals surface area (Å²) in [6.45, 7) is 5.36. The summed E-state index contributed by atoms with van der Waals surface area (Å²) >= 11 is 0. The van der Waals surface area contributed by atoms with E-state index >= 15 is 0 Å². The van der Waals surface area contributed by atoms with Gasteiger partial charge in [0.05, 0.1) is 30.8 Å². The van der Waals surface area contributed by atoms with Crippen molar-refractivity contribution < 1.29 is 14.3 Å². The fourth-order valence-electron chi connectivity index (χ4n) is 1.14. The van der Waals surface area contributed by atoms with Crippen molar-refractivity contribution in [3.63, 3.8) is 0 Å². The summed E-state index contributed by atoms with van der Waals surface area (Å²) in [6.07, 6.45) is 3.49. The zero-order chi connectivity index (χ0) is 13.1. The number of methoxy groups -OCH3 is 1. The van der Waals surface area contributed by atoms with Crippen LogP contribution < -0.4 is 10.1 Å². The average Bonchev–Trinajstić information content (AvgIpc) is 2.27. The van der Waals surface area contributed by atoms with E-state index in [-0.39, 0.29) is 5.91 Å². The summed E-state index contributed by atoms with van der Waals surface area (Å²) in [5.74, 6) is 0.155. The highest BCUT2D eigenvalue weighted by Gasteiger charge is 2.22. The fraction of sp³-hybridized carbons (Fsp3) is 0.417. The highest BCUT2D eigenvalue weighted by Crippen LogP contribution is 2.24. The fourth-order valence-corrected chi connectivity index (χ4v) is 1.14. The van der Waals surface area contributed by atoms with Gasteiger partial charge in [0, 0.05) is 5.41 Å². The van der Waals surface area contributed by atoms with E-state index in [0.29, 0.717) is 23.3 Å². The van der Waals surface area contributed by atoms with E-state index in [1.165, 1.54) is 19.5 Å². The van der Waals surface area contributed by atoms with Crippen LogP contribution in [0.2, 0.25) is 0 Å². The molecule has 0 radical (unpaired) electrons. The van der Waals surface area contributed by atoms with Gasteiger partial charge in [-0.3, -0.25) is 14.6 Å². The van der Waals surface area contributed by atoms with Crippen molar-refractivity contribution >= 4 is 17.9 Å². The molecule has 17 heavy (non-hydrogen) atoms. The number of aldehydes is 1. The lowest BCUT2D eigenvalue weighted by molar-refractivity contribution is -0.123. The van der Waals surface area contributed by atoms with E-state index in [1.807, 2.05) is 0 Å². The van der Waals surface area contributed by atoms with E-state index in [0.717, 1.165) is 0 Å². The Balaban J connectivity index is 3.07. The van der Waals surface area contributed by atoms with Crippen LogP contribution >= 0.6 is 0 Å². The largest absolute Gasteiger partial charge is 0.494 e. The number of nitrogens with one attached hydrogen (secondary N) is 1. The summed E-state index contributed by atoms with van der Waals surface area (Å²) in [6, 6.07) is 0. The number of nitrogens with zero attached hydrogens (tertiary/aromatic N) is 1. The first kappa shape index (κ1) is 13.2. The van der Waals surface area contributed by atoms with Crippen molar-refractivity contribution in [2.45, 2.75) is 20.8 Å². The molecule has 0 saturated heterocycles. The molecule has 0 aliphatic heterocycles. The van der Waals surface area contributed by atoms with Gasteiger partial charge in [0.2, 0.25) is 5.91 Å². The minimum absolute atomic E-state index is 0.185. The second-order valence-electron chi connectivity index (χ2n) is 4.62. The van der Waals surface area contributed by atoms with Crippen molar-refractivity contribution in [1.82, 2.24) is 4.98 Å². The lowest BCUT2D eigenvalue weighted by Gasteiger charge is -2.18. The molecule has 0 aliphatic carbocycles. The number of pyridine rings is 1. The highest BCUT2D eigenvalue weighted by molar-refractivity contribution is 5.99. The van der Waals surface area contributed by atoms with Crippen molar-refractivity contribution in [2.75, 3.05) is 12.4 Å². The molecule has 1 N–H and O–H groups in total. The van der Waals surface area contributed by atoms with Gasteiger partial charge in [-0.25, -0.2) is 0 Å². The van der Waals surface area contributed by atoms with Gasteiger partial charge in [-0.1, -0.05) is 20.8 Å². The number of amides is 1. The summed E-state index contributed by atoms with van der Waals surface area (Å²) in [5, 5.41) is 2.66. The lowest BCUT2D eigenvalue weighted by Crippen LogP contribution is -2.28. The molecule has 92 valence electrons. The molecule has 0 aromatic carbocycles. The zero-order valence-electron chi connectivity index (χ0n) is 10.4. The Bertz CT molecular complexity index is 436. The first-order valence-corrected chi connectivity index (χ1v) is 5.18. The number of carbonyl (C=O) groups is 2. The maximum Gasteiger partial charge on any atom is 0.229 e. The van der Waals surface area contributed by atoms with Crippen molar-refractivity contribution in [2.24, 2.45) is 5.41 Å². The summed E-state index contributed by atoms with van der Waals surface area (Å²) in [5.41, 5.74) is 0.114. The van der Waals surface area contributed by atoms with Crippen molar-refractivity contribution in [3.05, 3.63) is 18.0 Å². The normalized spacial score (nSPS) is 10.8. The molecule has 1 rings (SSSR count). The molecule has 0 bridgehead atoms. The Labute approximate surface area is 100 Å². The van der Waals surface area contributed by atoms with Gasteiger partial charge in [0.25, 0.3) is 0 Å². The number of anilines is 1. The topological polar surface area (TPSA) is 68.3 Å². The Hall–Kier alpha value is -1.91. The second-order valence-corrected chi connectivity index (χ2v) is 4.62. The maximum atomic E-state index is 11.8. The van der Waals surface area contributed by atoms with E-state index in [1.54, 1.807) is 20.8 Å². The monoisotopic (exact) mass is 236 g/mol. The Morgan fingerprint density at radius 1 is 1.41 bits per heavy atom. The molecule has 5 nitrogen and oxygen atoms in total. The van der Waals surface area contributed by atoms with Crippen LogP contribution in [0.25, 0.3) is 0 Å². The Morgan fingerprint density at radius 3 is 2.53 bits per heavy atom. The van der Waals surface area contributed by atoms with Gasteiger partial charge < -0.3 is 10.1 Å². The van der Waals surface area contributed by atoms with Crippen molar-refractivity contribution in [3.8, 4) is 5.75 Å². The molecule has 5 heteroatoms. The molecule has 1 aromatic heterocycles.